The molecule has 1 fully saturated rings. The molecule has 1 aromatic rings. The van der Waals surface area contributed by atoms with Crippen LogP contribution in [0.15, 0.2) is 29.3 Å². The zero-order valence-electron chi connectivity index (χ0n) is 15.8. The summed E-state index contributed by atoms with van der Waals surface area (Å²) in [4.78, 5) is 6.47. The van der Waals surface area contributed by atoms with E-state index in [0.29, 0.717) is 0 Å². The SMILES string of the molecule is CN=C(NCc1ccc(OCCCN(C)C)cc1)NCC1CCCS1. The van der Waals surface area contributed by atoms with Crippen LogP contribution in [0.2, 0.25) is 0 Å². The van der Waals surface area contributed by atoms with E-state index in [1.165, 1.54) is 24.2 Å². The van der Waals surface area contributed by atoms with Gasteiger partial charge in [0, 0.05) is 31.9 Å². The highest BCUT2D eigenvalue weighted by Gasteiger charge is 2.15. The van der Waals surface area contributed by atoms with Gasteiger partial charge in [-0.1, -0.05) is 12.1 Å². The van der Waals surface area contributed by atoms with E-state index in [1.54, 1.807) is 0 Å². The van der Waals surface area contributed by atoms with Gasteiger partial charge in [-0.05, 0) is 56.8 Å². The number of nitrogens with zero attached hydrogens (tertiary/aromatic N) is 2. The van der Waals surface area contributed by atoms with Crippen molar-refractivity contribution in [3.63, 3.8) is 0 Å². The highest BCUT2D eigenvalue weighted by atomic mass is 32.2. The monoisotopic (exact) mass is 364 g/mol. The van der Waals surface area contributed by atoms with Crippen molar-refractivity contribution in [3.8, 4) is 5.75 Å². The fourth-order valence-corrected chi connectivity index (χ4v) is 3.90. The van der Waals surface area contributed by atoms with Gasteiger partial charge in [-0.25, -0.2) is 0 Å². The van der Waals surface area contributed by atoms with E-state index in [-0.39, 0.29) is 0 Å². The number of nitrogens with one attached hydrogen (secondary N) is 2. The van der Waals surface area contributed by atoms with Crippen molar-refractivity contribution in [1.82, 2.24) is 15.5 Å². The van der Waals surface area contributed by atoms with Gasteiger partial charge in [0.2, 0.25) is 0 Å². The van der Waals surface area contributed by atoms with Crippen molar-refractivity contribution in [3.05, 3.63) is 29.8 Å². The largest absolute Gasteiger partial charge is 0.494 e. The van der Waals surface area contributed by atoms with Gasteiger partial charge in [0.15, 0.2) is 5.96 Å². The lowest BCUT2D eigenvalue weighted by Gasteiger charge is -2.15. The molecule has 0 saturated carbocycles. The number of aliphatic imine (C=N–C) groups is 1. The molecule has 1 aliphatic heterocycles. The van der Waals surface area contributed by atoms with Crippen molar-refractivity contribution < 1.29 is 4.74 Å². The fourth-order valence-electron chi connectivity index (χ4n) is 2.70. The number of ether oxygens (including phenoxy) is 1. The number of benzene rings is 1. The molecule has 1 aromatic carbocycles. The molecule has 1 saturated heterocycles. The molecule has 1 atom stereocenters. The van der Waals surface area contributed by atoms with Crippen LogP contribution in [0.1, 0.15) is 24.8 Å². The third kappa shape index (κ3) is 8.01. The molecule has 1 unspecified atom stereocenters. The van der Waals surface area contributed by atoms with Crippen LogP contribution in [0.3, 0.4) is 0 Å². The lowest BCUT2D eigenvalue weighted by atomic mass is 10.2. The number of rotatable bonds is 9. The molecule has 5 nitrogen and oxygen atoms in total. The van der Waals surface area contributed by atoms with Crippen molar-refractivity contribution in [2.45, 2.75) is 31.1 Å². The van der Waals surface area contributed by atoms with Crippen molar-refractivity contribution in [2.75, 3.05) is 46.6 Å². The quantitative estimate of drug-likeness (QED) is 0.401. The normalized spacial score (nSPS) is 17.8. The molecule has 25 heavy (non-hydrogen) atoms. The third-order valence-electron chi connectivity index (χ3n) is 4.15. The molecule has 2 rings (SSSR count). The number of guanidine groups is 1. The van der Waals surface area contributed by atoms with Crippen LogP contribution in [0.5, 0.6) is 5.75 Å². The maximum atomic E-state index is 5.77. The fraction of sp³-hybridized carbons (Fsp3) is 0.632. The molecule has 0 radical (unpaired) electrons. The molecule has 0 aliphatic carbocycles. The minimum absolute atomic E-state index is 0.725. The predicted octanol–water partition coefficient (Wildman–Crippen LogP) is 2.58. The summed E-state index contributed by atoms with van der Waals surface area (Å²) in [6, 6.07) is 8.29. The second-order valence-electron chi connectivity index (χ2n) is 6.59. The topological polar surface area (TPSA) is 48.9 Å². The molecular formula is C19H32N4OS. The summed E-state index contributed by atoms with van der Waals surface area (Å²) in [5.74, 6) is 3.10. The summed E-state index contributed by atoms with van der Waals surface area (Å²) in [5.41, 5.74) is 1.22. The standard InChI is InChI=1S/C19H32N4OS/c1-20-19(22-15-18-6-4-13-25-18)21-14-16-7-9-17(10-8-16)24-12-5-11-23(2)3/h7-10,18H,4-6,11-15H2,1-3H3,(H2,20,21,22). The first-order valence-electron chi connectivity index (χ1n) is 9.10. The molecule has 0 bridgehead atoms. The molecule has 6 heteroatoms. The molecule has 1 aliphatic rings. The van der Waals surface area contributed by atoms with Crippen LogP contribution in [0, 0.1) is 0 Å². The second-order valence-corrected chi connectivity index (χ2v) is 8.00. The van der Waals surface area contributed by atoms with E-state index < -0.39 is 0 Å². The van der Waals surface area contributed by atoms with Gasteiger partial charge >= 0.3 is 0 Å². The van der Waals surface area contributed by atoms with Crippen LogP contribution in [-0.2, 0) is 6.54 Å². The summed E-state index contributed by atoms with van der Waals surface area (Å²) >= 11 is 2.06. The van der Waals surface area contributed by atoms with Crippen LogP contribution in [0.4, 0.5) is 0 Å². The number of thioether (sulfide) groups is 1. The lowest BCUT2D eigenvalue weighted by molar-refractivity contribution is 0.281. The maximum absolute atomic E-state index is 5.77. The van der Waals surface area contributed by atoms with Gasteiger partial charge in [0.1, 0.15) is 5.75 Å². The van der Waals surface area contributed by atoms with Gasteiger partial charge in [0.05, 0.1) is 6.61 Å². The Labute approximate surface area is 156 Å². The average molecular weight is 365 g/mol. The number of hydrogen-bond acceptors (Lipinski definition) is 4. The van der Waals surface area contributed by atoms with E-state index in [9.17, 15) is 0 Å². The molecule has 1 heterocycles. The van der Waals surface area contributed by atoms with Gasteiger partial charge in [-0.3, -0.25) is 4.99 Å². The van der Waals surface area contributed by atoms with Crippen LogP contribution < -0.4 is 15.4 Å². The molecular weight excluding hydrogens is 332 g/mol. The first-order chi connectivity index (χ1) is 12.2. The van der Waals surface area contributed by atoms with E-state index in [2.05, 4.69) is 58.5 Å². The first-order valence-corrected chi connectivity index (χ1v) is 10.1. The minimum atomic E-state index is 0.725. The van der Waals surface area contributed by atoms with Crippen LogP contribution in [-0.4, -0.2) is 62.7 Å². The third-order valence-corrected chi connectivity index (χ3v) is 5.54. The van der Waals surface area contributed by atoms with E-state index >= 15 is 0 Å². The van der Waals surface area contributed by atoms with E-state index in [4.69, 9.17) is 4.74 Å². The molecule has 0 spiro atoms. The average Bonchev–Trinajstić information content (AvgIpc) is 3.13. The Kier molecular flexibility index (Phi) is 8.97. The summed E-state index contributed by atoms with van der Waals surface area (Å²) in [5, 5.41) is 7.53. The maximum Gasteiger partial charge on any atom is 0.191 e. The molecule has 140 valence electrons. The highest BCUT2D eigenvalue weighted by molar-refractivity contribution is 8.00. The molecule has 0 amide bonds. The second kappa shape index (κ2) is 11.3. The van der Waals surface area contributed by atoms with Gasteiger partial charge in [-0.15, -0.1) is 0 Å². The van der Waals surface area contributed by atoms with Crippen LogP contribution in [0.25, 0.3) is 0 Å². The summed E-state index contributed by atoms with van der Waals surface area (Å²) in [7, 11) is 5.98. The Morgan fingerprint density at radius 3 is 2.72 bits per heavy atom. The van der Waals surface area contributed by atoms with E-state index in [1.807, 2.05) is 19.2 Å². The zero-order chi connectivity index (χ0) is 17.9. The summed E-state index contributed by atoms with van der Waals surface area (Å²) in [6.07, 6.45) is 3.69. The molecule has 2 N–H and O–H groups in total. The summed E-state index contributed by atoms with van der Waals surface area (Å²) in [6.45, 7) is 3.56. The number of hydrogen-bond donors (Lipinski definition) is 2. The van der Waals surface area contributed by atoms with Gasteiger partial charge < -0.3 is 20.3 Å². The Hall–Kier alpha value is -1.40. The minimum Gasteiger partial charge on any atom is -0.494 e. The Balaban J connectivity index is 1.67. The van der Waals surface area contributed by atoms with Crippen molar-refractivity contribution >= 4 is 17.7 Å². The Morgan fingerprint density at radius 2 is 2.08 bits per heavy atom. The highest BCUT2D eigenvalue weighted by Crippen LogP contribution is 2.25. The predicted molar refractivity (Wildman–Crippen MR) is 109 cm³/mol. The zero-order valence-corrected chi connectivity index (χ0v) is 16.6. The molecule has 0 aromatic heterocycles. The smallest absolute Gasteiger partial charge is 0.191 e. The lowest BCUT2D eigenvalue weighted by Crippen LogP contribution is -2.39. The summed E-state index contributed by atoms with van der Waals surface area (Å²) < 4.78 is 5.77. The van der Waals surface area contributed by atoms with Crippen LogP contribution >= 0.6 is 11.8 Å². The van der Waals surface area contributed by atoms with Crippen molar-refractivity contribution in [1.29, 1.82) is 0 Å². The van der Waals surface area contributed by atoms with E-state index in [0.717, 1.165) is 49.6 Å². The van der Waals surface area contributed by atoms with Gasteiger partial charge in [-0.2, -0.15) is 11.8 Å². The van der Waals surface area contributed by atoms with Crippen molar-refractivity contribution in [2.24, 2.45) is 4.99 Å². The Morgan fingerprint density at radius 1 is 1.28 bits per heavy atom. The first kappa shape index (κ1) is 19.9. The van der Waals surface area contributed by atoms with Gasteiger partial charge in [0.25, 0.3) is 0 Å². The Bertz CT molecular complexity index is 513.